The molecule has 0 aliphatic rings. The van der Waals surface area contributed by atoms with E-state index in [1.54, 1.807) is 66.7 Å². The van der Waals surface area contributed by atoms with Gasteiger partial charge >= 0.3 is 0 Å². The van der Waals surface area contributed by atoms with Crippen molar-refractivity contribution in [2.24, 2.45) is 0 Å². The standard InChI is InChI=1S/C29H25N3O6S/c1-35-22-13-9-8-12-21(22)31-27(33)20(17-30)29-32(19-10-6-5-7-11-19)28(34)25(39-29)16-18-14-23(36-2)26(38-4)24(15-18)37-3/h5-16H,1-4H3,(H,31,33)/b25-16+,29-20-. The Labute approximate surface area is 228 Å². The molecule has 1 N–H and O–H groups in total. The Bertz CT molecular complexity index is 1710. The smallest absolute Gasteiger partial charge is 0.273 e. The molecule has 4 aromatic rings. The SMILES string of the molecule is COc1ccccc1NC(=O)/C(C#N)=c1\s/c(=C/c2cc(OC)c(OC)c(OC)c2)c(=O)n1-c1ccccc1. The highest BCUT2D eigenvalue weighted by molar-refractivity contribution is 7.07. The number of rotatable bonds is 8. The Balaban J connectivity index is 1.97. The van der Waals surface area contributed by atoms with E-state index in [1.807, 2.05) is 12.1 Å². The molecule has 39 heavy (non-hydrogen) atoms. The molecule has 198 valence electrons. The Morgan fingerprint density at radius 2 is 1.51 bits per heavy atom. The molecule has 1 amide bonds. The van der Waals surface area contributed by atoms with Crippen LogP contribution in [0.4, 0.5) is 5.69 Å². The largest absolute Gasteiger partial charge is 0.495 e. The van der Waals surface area contributed by atoms with E-state index in [9.17, 15) is 14.9 Å². The molecular weight excluding hydrogens is 518 g/mol. The van der Waals surface area contributed by atoms with E-state index in [-0.39, 0.29) is 10.2 Å². The molecule has 4 rings (SSSR count). The van der Waals surface area contributed by atoms with Crippen molar-refractivity contribution in [2.75, 3.05) is 33.8 Å². The van der Waals surface area contributed by atoms with Crippen LogP contribution in [0, 0.1) is 11.3 Å². The zero-order chi connectivity index (χ0) is 27.9. The summed E-state index contributed by atoms with van der Waals surface area (Å²) in [5, 5.41) is 12.8. The van der Waals surface area contributed by atoms with E-state index in [1.165, 1.54) is 33.0 Å². The van der Waals surface area contributed by atoms with Crippen LogP contribution in [0.5, 0.6) is 23.0 Å². The predicted octanol–water partition coefficient (Wildman–Crippen LogP) is 3.08. The Morgan fingerprint density at radius 1 is 0.897 bits per heavy atom. The Morgan fingerprint density at radius 3 is 2.10 bits per heavy atom. The number of benzene rings is 3. The number of carbonyl (C=O) groups is 1. The summed E-state index contributed by atoms with van der Waals surface area (Å²) < 4.78 is 23.4. The Hall–Kier alpha value is -5.01. The molecule has 0 spiro atoms. The molecule has 0 radical (unpaired) electrons. The number of anilines is 1. The van der Waals surface area contributed by atoms with Crippen molar-refractivity contribution >= 4 is 34.6 Å². The first-order valence-electron chi connectivity index (χ1n) is 11.6. The summed E-state index contributed by atoms with van der Waals surface area (Å²) in [6.07, 6.45) is 1.65. The second-order valence-corrected chi connectivity index (χ2v) is 9.02. The average Bonchev–Trinajstić information content (AvgIpc) is 3.28. The lowest BCUT2D eigenvalue weighted by Gasteiger charge is -2.12. The molecule has 0 saturated carbocycles. The first-order valence-corrected chi connectivity index (χ1v) is 12.4. The van der Waals surface area contributed by atoms with Crippen molar-refractivity contribution in [3.63, 3.8) is 0 Å². The van der Waals surface area contributed by atoms with Crippen LogP contribution in [0.2, 0.25) is 0 Å². The van der Waals surface area contributed by atoms with E-state index in [0.29, 0.717) is 44.5 Å². The van der Waals surface area contributed by atoms with Crippen LogP contribution in [0.1, 0.15) is 5.56 Å². The maximum absolute atomic E-state index is 13.7. The molecule has 0 fully saturated rings. The fourth-order valence-electron chi connectivity index (χ4n) is 3.93. The Kier molecular flexibility index (Phi) is 8.33. The van der Waals surface area contributed by atoms with Gasteiger partial charge in [0.25, 0.3) is 11.5 Å². The first-order chi connectivity index (χ1) is 18.9. The lowest BCUT2D eigenvalue weighted by Crippen LogP contribution is -2.32. The van der Waals surface area contributed by atoms with Crippen molar-refractivity contribution in [3.05, 3.63) is 91.8 Å². The van der Waals surface area contributed by atoms with Gasteiger partial charge in [0.15, 0.2) is 17.1 Å². The van der Waals surface area contributed by atoms with Crippen molar-refractivity contribution in [1.29, 1.82) is 5.26 Å². The van der Waals surface area contributed by atoms with Crippen LogP contribution in [-0.4, -0.2) is 38.9 Å². The van der Waals surface area contributed by atoms with Crippen LogP contribution >= 0.6 is 11.3 Å². The molecule has 0 aliphatic carbocycles. The minimum absolute atomic E-state index is 0.180. The van der Waals surface area contributed by atoms with Crippen LogP contribution in [0.3, 0.4) is 0 Å². The summed E-state index contributed by atoms with van der Waals surface area (Å²) >= 11 is 1.02. The minimum atomic E-state index is -0.674. The minimum Gasteiger partial charge on any atom is -0.495 e. The van der Waals surface area contributed by atoms with Crippen LogP contribution < -0.4 is 39.0 Å². The third-order valence-electron chi connectivity index (χ3n) is 5.73. The zero-order valence-electron chi connectivity index (χ0n) is 21.7. The van der Waals surface area contributed by atoms with Gasteiger partial charge < -0.3 is 24.3 Å². The fourth-order valence-corrected chi connectivity index (χ4v) is 5.03. The van der Waals surface area contributed by atoms with Gasteiger partial charge in [0, 0.05) is 0 Å². The number of nitrogens with one attached hydrogen (secondary N) is 1. The summed E-state index contributed by atoms with van der Waals surface area (Å²) in [5.74, 6) is 1.02. The van der Waals surface area contributed by atoms with Crippen LogP contribution in [-0.2, 0) is 4.79 Å². The summed E-state index contributed by atoms with van der Waals surface area (Å²) in [7, 11) is 5.99. The number of carbonyl (C=O) groups excluding carboxylic acids is 1. The molecule has 1 aromatic heterocycles. The van der Waals surface area contributed by atoms with Crippen molar-refractivity contribution in [2.45, 2.75) is 0 Å². The molecule has 10 heteroatoms. The monoisotopic (exact) mass is 543 g/mol. The molecular formula is C29H25N3O6S. The normalized spacial score (nSPS) is 11.8. The number of ether oxygens (including phenoxy) is 4. The first kappa shape index (κ1) is 27.0. The maximum atomic E-state index is 13.7. The van der Waals surface area contributed by atoms with Gasteiger partial charge in [0.05, 0.1) is 44.3 Å². The van der Waals surface area contributed by atoms with Crippen molar-refractivity contribution in [1.82, 2.24) is 4.57 Å². The van der Waals surface area contributed by atoms with E-state index >= 15 is 0 Å². The second-order valence-electron chi connectivity index (χ2n) is 7.99. The van der Waals surface area contributed by atoms with Gasteiger partial charge in [-0.25, -0.2) is 0 Å². The summed E-state index contributed by atoms with van der Waals surface area (Å²) in [5.41, 5.74) is 0.888. The number of nitrogens with zero attached hydrogens (tertiary/aromatic N) is 2. The highest BCUT2D eigenvalue weighted by Gasteiger charge is 2.19. The highest BCUT2D eigenvalue weighted by atomic mass is 32.1. The molecule has 0 saturated heterocycles. The van der Waals surface area contributed by atoms with E-state index in [2.05, 4.69) is 5.32 Å². The van der Waals surface area contributed by atoms with Gasteiger partial charge in [-0.2, -0.15) is 5.26 Å². The lowest BCUT2D eigenvalue weighted by molar-refractivity contribution is -0.111. The molecule has 0 aliphatic heterocycles. The number of nitriles is 1. The number of para-hydroxylation sites is 3. The zero-order valence-corrected chi connectivity index (χ0v) is 22.5. The van der Waals surface area contributed by atoms with Crippen molar-refractivity contribution < 1.29 is 23.7 Å². The molecule has 0 atom stereocenters. The molecule has 0 unspecified atom stereocenters. The molecule has 3 aromatic carbocycles. The van der Waals surface area contributed by atoms with Crippen LogP contribution in [0.25, 0.3) is 17.3 Å². The molecule has 1 heterocycles. The molecule has 0 bridgehead atoms. The molecule has 9 nitrogen and oxygen atoms in total. The van der Waals surface area contributed by atoms with Gasteiger partial charge in [0.2, 0.25) is 5.75 Å². The average molecular weight is 544 g/mol. The summed E-state index contributed by atoms with van der Waals surface area (Å²) in [6, 6.07) is 21.1. The van der Waals surface area contributed by atoms with Crippen LogP contribution in [0.15, 0.2) is 71.5 Å². The van der Waals surface area contributed by atoms with E-state index < -0.39 is 11.5 Å². The number of methoxy groups -OCH3 is 4. The van der Waals surface area contributed by atoms with E-state index in [4.69, 9.17) is 18.9 Å². The van der Waals surface area contributed by atoms with Gasteiger partial charge in [-0.3, -0.25) is 14.2 Å². The fraction of sp³-hybridized carbons (Fsp3) is 0.138. The van der Waals surface area contributed by atoms with Gasteiger partial charge in [0.1, 0.15) is 16.5 Å². The van der Waals surface area contributed by atoms with Gasteiger partial charge in [-0.05, 0) is 48.0 Å². The maximum Gasteiger partial charge on any atom is 0.273 e. The number of aromatic nitrogens is 1. The summed E-state index contributed by atoms with van der Waals surface area (Å²) in [6.45, 7) is 0. The number of thiazole rings is 1. The number of hydrogen-bond acceptors (Lipinski definition) is 8. The summed E-state index contributed by atoms with van der Waals surface area (Å²) in [4.78, 5) is 27.0. The highest BCUT2D eigenvalue weighted by Crippen LogP contribution is 2.38. The second kappa shape index (κ2) is 12.0. The number of hydrogen-bond donors (Lipinski definition) is 1. The third-order valence-corrected chi connectivity index (χ3v) is 6.82. The lowest BCUT2D eigenvalue weighted by atomic mass is 10.1. The number of amides is 1. The predicted molar refractivity (Wildman–Crippen MR) is 149 cm³/mol. The third kappa shape index (κ3) is 5.49. The van der Waals surface area contributed by atoms with Gasteiger partial charge in [-0.1, -0.05) is 30.3 Å². The van der Waals surface area contributed by atoms with Gasteiger partial charge in [-0.15, -0.1) is 11.3 Å². The topological polar surface area (TPSA) is 112 Å². The quantitative estimate of drug-likeness (QED) is 0.364. The van der Waals surface area contributed by atoms with E-state index in [0.717, 1.165) is 11.3 Å². The van der Waals surface area contributed by atoms with Crippen molar-refractivity contribution in [3.8, 4) is 34.8 Å².